The SMILES string of the molecule is C[C@H](N)C(=O)N(Cc1ccsc1)C1CC12CCNCC2. The summed E-state index contributed by atoms with van der Waals surface area (Å²) in [6.07, 6.45) is 3.52. The smallest absolute Gasteiger partial charge is 0.239 e. The second kappa shape index (κ2) is 5.47. The Balaban J connectivity index is 1.74. The molecule has 2 heterocycles. The number of nitrogens with two attached hydrogens (primary N) is 1. The highest BCUT2D eigenvalue weighted by Gasteiger charge is 2.57. The number of hydrogen-bond acceptors (Lipinski definition) is 4. The lowest BCUT2D eigenvalue weighted by atomic mass is 9.93. The Morgan fingerprint density at radius 1 is 1.60 bits per heavy atom. The zero-order chi connectivity index (χ0) is 14.2. The monoisotopic (exact) mass is 293 g/mol. The molecule has 0 radical (unpaired) electrons. The zero-order valence-corrected chi connectivity index (χ0v) is 12.8. The molecule has 1 unspecified atom stereocenters. The quantitative estimate of drug-likeness (QED) is 0.886. The Labute approximate surface area is 124 Å². The number of carbonyl (C=O) groups is 1. The zero-order valence-electron chi connectivity index (χ0n) is 12.0. The minimum Gasteiger partial charge on any atom is -0.333 e. The van der Waals surface area contributed by atoms with Crippen molar-refractivity contribution < 1.29 is 4.79 Å². The third-order valence-corrected chi connectivity index (χ3v) is 5.46. The summed E-state index contributed by atoms with van der Waals surface area (Å²) in [5.41, 5.74) is 7.44. The number of hydrogen-bond donors (Lipinski definition) is 2. The summed E-state index contributed by atoms with van der Waals surface area (Å²) >= 11 is 1.68. The summed E-state index contributed by atoms with van der Waals surface area (Å²) in [4.78, 5) is 14.5. The maximum atomic E-state index is 12.5. The number of nitrogens with zero attached hydrogens (tertiary/aromatic N) is 1. The van der Waals surface area contributed by atoms with Gasteiger partial charge in [0.2, 0.25) is 5.91 Å². The molecule has 5 heteroatoms. The summed E-state index contributed by atoms with van der Waals surface area (Å²) in [5.74, 6) is 0.0941. The van der Waals surface area contributed by atoms with Crippen LogP contribution in [-0.2, 0) is 11.3 Å². The molecule has 1 amide bonds. The summed E-state index contributed by atoms with van der Waals surface area (Å²) in [6, 6.07) is 2.08. The van der Waals surface area contributed by atoms with E-state index < -0.39 is 6.04 Å². The van der Waals surface area contributed by atoms with E-state index in [9.17, 15) is 4.79 Å². The summed E-state index contributed by atoms with van der Waals surface area (Å²) in [5, 5.41) is 7.60. The third-order valence-electron chi connectivity index (χ3n) is 4.73. The van der Waals surface area contributed by atoms with E-state index in [0.717, 1.165) is 19.5 Å². The van der Waals surface area contributed by atoms with Crippen molar-refractivity contribution >= 4 is 17.2 Å². The number of piperidine rings is 1. The summed E-state index contributed by atoms with van der Waals surface area (Å²) < 4.78 is 0. The average molecular weight is 293 g/mol. The van der Waals surface area contributed by atoms with Gasteiger partial charge in [0.05, 0.1) is 6.04 Å². The van der Waals surface area contributed by atoms with E-state index in [4.69, 9.17) is 5.73 Å². The van der Waals surface area contributed by atoms with Gasteiger partial charge in [-0.25, -0.2) is 0 Å². The molecule has 2 atom stereocenters. The van der Waals surface area contributed by atoms with E-state index in [1.807, 2.05) is 4.90 Å². The van der Waals surface area contributed by atoms with Crippen LogP contribution in [-0.4, -0.2) is 36.0 Å². The molecule has 2 aliphatic rings. The second-order valence-corrected chi connectivity index (χ2v) is 7.00. The van der Waals surface area contributed by atoms with Crippen LogP contribution in [0.15, 0.2) is 16.8 Å². The Hall–Kier alpha value is -0.910. The van der Waals surface area contributed by atoms with Crippen molar-refractivity contribution in [2.75, 3.05) is 13.1 Å². The topological polar surface area (TPSA) is 58.4 Å². The molecule has 1 saturated heterocycles. The minimum atomic E-state index is -0.409. The molecular formula is C15H23N3OS. The molecule has 1 aliphatic carbocycles. The van der Waals surface area contributed by atoms with E-state index in [2.05, 4.69) is 22.1 Å². The second-order valence-electron chi connectivity index (χ2n) is 6.22. The fourth-order valence-corrected chi connectivity index (χ4v) is 4.07. The lowest BCUT2D eigenvalue weighted by Gasteiger charge is -2.30. The van der Waals surface area contributed by atoms with Crippen LogP contribution in [0.5, 0.6) is 0 Å². The highest BCUT2D eigenvalue weighted by Crippen LogP contribution is 2.56. The standard InChI is InChI=1S/C15H23N3OS/c1-11(16)14(19)18(9-12-2-7-20-10-12)13-8-15(13)3-5-17-6-4-15/h2,7,10-11,13,17H,3-6,8-9,16H2,1H3/t11-,13?/m0/s1. The van der Waals surface area contributed by atoms with Gasteiger partial charge in [-0.1, -0.05) is 0 Å². The van der Waals surface area contributed by atoms with Crippen molar-refractivity contribution in [3.63, 3.8) is 0 Å². The highest BCUT2D eigenvalue weighted by atomic mass is 32.1. The van der Waals surface area contributed by atoms with Crippen LogP contribution in [0.25, 0.3) is 0 Å². The first kappa shape index (κ1) is 14.0. The number of rotatable bonds is 4. The van der Waals surface area contributed by atoms with E-state index in [1.54, 1.807) is 18.3 Å². The molecule has 2 fully saturated rings. The molecule has 1 aromatic heterocycles. The first-order valence-electron chi connectivity index (χ1n) is 7.40. The van der Waals surface area contributed by atoms with Gasteiger partial charge in [-0.3, -0.25) is 4.79 Å². The number of thiophene rings is 1. The molecule has 3 rings (SSSR count). The predicted octanol–water partition coefficient (Wildman–Crippen LogP) is 1.57. The minimum absolute atomic E-state index is 0.0941. The van der Waals surface area contributed by atoms with Crippen LogP contribution in [0.3, 0.4) is 0 Å². The fourth-order valence-electron chi connectivity index (χ4n) is 3.41. The predicted molar refractivity (Wildman–Crippen MR) is 81.5 cm³/mol. The van der Waals surface area contributed by atoms with Gasteiger partial charge >= 0.3 is 0 Å². The Morgan fingerprint density at radius 3 is 2.95 bits per heavy atom. The van der Waals surface area contributed by atoms with Crippen LogP contribution in [0.1, 0.15) is 31.7 Å². The van der Waals surface area contributed by atoms with Gasteiger partial charge in [-0.15, -0.1) is 0 Å². The van der Waals surface area contributed by atoms with Gasteiger partial charge in [0.1, 0.15) is 0 Å². The maximum Gasteiger partial charge on any atom is 0.239 e. The average Bonchev–Trinajstić information content (AvgIpc) is 2.89. The molecule has 1 aliphatic heterocycles. The van der Waals surface area contributed by atoms with Crippen molar-refractivity contribution in [2.45, 2.75) is 44.8 Å². The lowest BCUT2D eigenvalue weighted by Crippen LogP contribution is -2.45. The number of nitrogens with one attached hydrogen (secondary N) is 1. The van der Waals surface area contributed by atoms with Crippen molar-refractivity contribution in [3.8, 4) is 0 Å². The van der Waals surface area contributed by atoms with Gasteiger partial charge in [-0.05, 0) is 67.1 Å². The van der Waals surface area contributed by atoms with Crippen LogP contribution in [0.4, 0.5) is 0 Å². The Bertz CT molecular complexity index is 465. The molecular weight excluding hydrogens is 270 g/mol. The summed E-state index contributed by atoms with van der Waals surface area (Å²) in [7, 11) is 0. The van der Waals surface area contributed by atoms with Gasteiger partial charge in [0, 0.05) is 12.6 Å². The van der Waals surface area contributed by atoms with Crippen molar-refractivity contribution in [2.24, 2.45) is 11.1 Å². The van der Waals surface area contributed by atoms with Gasteiger partial charge in [0.25, 0.3) is 0 Å². The van der Waals surface area contributed by atoms with E-state index in [1.165, 1.54) is 18.4 Å². The van der Waals surface area contributed by atoms with E-state index in [0.29, 0.717) is 18.0 Å². The Morgan fingerprint density at radius 2 is 2.35 bits per heavy atom. The molecule has 1 aromatic rings. The lowest BCUT2D eigenvalue weighted by molar-refractivity contribution is -0.134. The molecule has 1 saturated carbocycles. The molecule has 4 nitrogen and oxygen atoms in total. The van der Waals surface area contributed by atoms with Gasteiger partial charge < -0.3 is 16.0 Å². The van der Waals surface area contributed by atoms with Crippen molar-refractivity contribution in [1.29, 1.82) is 0 Å². The highest BCUT2D eigenvalue weighted by molar-refractivity contribution is 7.07. The van der Waals surface area contributed by atoms with Crippen LogP contribution < -0.4 is 11.1 Å². The van der Waals surface area contributed by atoms with Crippen molar-refractivity contribution in [3.05, 3.63) is 22.4 Å². The maximum absolute atomic E-state index is 12.5. The van der Waals surface area contributed by atoms with E-state index in [-0.39, 0.29) is 5.91 Å². The van der Waals surface area contributed by atoms with Crippen LogP contribution in [0, 0.1) is 5.41 Å². The van der Waals surface area contributed by atoms with Crippen LogP contribution in [0.2, 0.25) is 0 Å². The van der Waals surface area contributed by atoms with E-state index >= 15 is 0 Å². The van der Waals surface area contributed by atoms with Crippen molar-refractivity contribution in [1.82, 2.24) is 10.2 Å². The van der Waals surface area contributed by atoms with Gasteiger partial charge in [-0.2, -0.15) is 11.3 Å². The molecule has 1 spiro atoms. The molecule has 0 bridgehead atoms. The molecule has 20 heavy (non-hydrogen) atoms. The largest absolute Gasteiger partial charge is 0.333 e. The third kappa shape index (κ3) is 2.62. The fraction of sp³-hybridized carbons (Fsp3) is 0.667. The number of carbonyl (C=O) groups excluding carboxylic acids is 1. The number of amides is 1. The first-order chi connectivity index (χ1) is 9.62. The molecule has 0 aromatic carbocycles. The Kier molecular flexibility index (Phi) is 3.84. The van der Waals surface area contributed by atoms with Crippen LogP contribution >= 0.6 is 11.3 Å². The molecule has 3 N–H and O–H groups in total. The summed E-state index contributed by atoms with van der Waals surface area (Å²) in [6.45, 7) is 4.66. The molecule has 110 valence electrons. The van der Waals surface area contributed by atoms with Gasteiger partial charge in [0.15, 0.2) is 0 Å². The normalized spacial score (nSPS) is 25.4. The first-order valence-corrected chi connectivity index (χ1v) is 8.34.